The van der Waals surface area contributed by atoms with E-state index >= 15 is 0 Å². The van der Waals surface area contributed by atoms with Crippen molar-refractivity contribution in [1.82, 2.24) is 0 Å². The van der Waals surface area contributed by atoms with E-state index in [2.05, 4.69) is 13.8 Å². The fraction of sp³-hybridized carbons (Fsp3) is 0.462. The van der Waals surface area contributed by atoms with Gasteiger partial charge in [0.15, 0.2) is 0 Å². The van der Waals surface area contributed by atoms with E-state index in [0.717, 1.165) is 5.56 Å². The zero-order chi connectivity index (χ0) is 11.1. The minimum absolute atomic E-state index is 0.199. The van der Waals surface area contributed by atoms with Crippen molar-refractivity contribution < 1.29 is 9.53 Å². The Labute approximate surface area is 90.3 Å². The lowest BCUT2D eigenvalue weighted by Crippen LogP contribution is -2.19. The molecule has 0 aromatic heterocycles. The van der Waals surface area contributed by atoms with Gasteiger partial charge in [-0.1, -0.05) is 44.2 Å². The molecule has 1 fully saturated rings. The standard InChI is InChI=1S/C13H16O2/c1-9-10(2)13(9,15-11(3)14)12-7-5-4-6-8-12/h4-10H,1-3H3/t9-,10-/m0/s1. The summed E-state index contributed by atoms with van der Waals surface area (Å²) in [4.78, 5) is 11.1. The van der Waals surface area contributed by atoms with Crippen molar-refractivity contribution in [2.45, 2.75) is 26.4 Å². The Hall–Kier alpha value is -1.31. The van der Waals surface area contributed by atoms with Crippen molar-refractivity contribution in [1.29, 1.82) is 0 Å². The van der Waals surface area contributed by atoms with E-state index in [1.807, 2.05) is 30.3 Å². The average Bonchev–Trinajstić information content (AvgIpc) is 2.73. The van der Waals surface area contributed by atoms with Gasteiger partial charge >= 0.3 is 5.97 Å². The summed E-state index contributed by atoms with van der Waals surface area (Å²) in [7, 11) is 0. The van der Waals surface area contributed by atoms with Crippen LogP contribution in [-0.4, -0.2) is 5.97 Å². The molecule has 2 atom stereocenters. The Morgan fingerprint density at radius 2 is 1.73 bits per heavy atom. The van der Waals surface area contributed by atoms with E-state index in [-0.39, 0.29) is 11.6 Å². The van der Waals surface area contributed by atoms with Crippen LogP contribution in [-0.2, 0) is 15.1 Å². The molecule has 0 unspecified atom stereocenters. The summed E-state index contributed by atoms with van der Waals surface area (Å²) < 4.78 is 5.52. The third-order valence-electron chi connectivity index (χ3n) is 3.53. The summed E-state index contributed by atoms with van der Waals surface area (Å²) in [5, 5.41) is 0. The number of carbonyl (C=O) groups excluding carboxylic acids is 1. The fourth-order valence-electron chi connectivity index (χ4n) is 2.44. The van der Waals surface area contributed by atoms with E-state index in [1.54, 1.807) is 0 Å². The molecule has 0 saturated heterocycles. The fourth-order valence-corrected chi connectivity index (χ4v) is 2.44. The monoisotopic (exact) mass is 204 g/mol. The highest BCUT2D eigenvalue weighted by Gasteiger charge is 2.63. The number of rotatable bonds is 2. The number of esters is 1. The van der Waals surface area contributed by atoms with Gasteiger partial charge in [-0.25, -0.2) is 0 Å². The SMILES string of the molecule is CC(=O)OC1(c2ccccc2)[C@@H](C)[C@@H]1C. The maximum atomic E-state index is 11.1. The Kier molecular flexibility index (Phi) is 2.29. The first-order valence-electron chi connectivity index (χ1n) is 5.34. The van der Waals surface area contributed by atoms with E-state index in [1.165, 1.54) is 6.92 Å². The molecule has 0 radical (unpaired) electrons. The van der Waals surface area contributed by atoms with Crippen LogP contribution in [0.2, 0.25) is 0 Å². The van der Waals surface area contributed by atoms with Gasteiger partial charge < -0.3 is 4.74 Å². The zero-order valence-electron chi connectivity index (χ0n) is 9.36. The molecule has 0 aliphatic heterocycles. The highest BCUT2D eigenvalue weighted by molar-refractivity contribution is 5.67. The van der Waals surface area contributed by atoms with Crippen molar-refractivity contribution in [3.63, 3.8) is 0 Å². The topological polar surface area (TPSA) is 26.3 Å². The molecule has 15 heavy (non-hydrogen) atoms. The average molecular weight is 204 g/mol. The summed E-state index contributed by atoms with van der Waals surface area (Å²) in [6, 6.07) is 10.0. The summed E-state index contributed by atoms with van der Waals surface area (Å²) >= 11 is 0. The maximum absolute atomic E-state index is 11.1. The van der Waals surface area contributed by atoms with Crippen molar-refractivity contribution in [2.75, 3.05) is 0 Å². The van der Waals surface area contributed by atoms with Gasteiger partial charge in [-0.15, -0.1) is 0 Å². The molecule has 0 amide bonds. The zero-order valence-corrected chi connectivity index (χ0v) is 9.36. The predicted octanol–water partition coefficient (Wildman–Crippen LogP) is 2.73. The van der Waals surface area contributed by atoms with E-state index in [9.17, 15) is 4.79 Å². The number of benzene rings is 1. The third kappa shape index (κ3) is 1.44. The van der Waals surface area contributed by atoms with Crippen LogP contribution in [0.3, 0.4) is 0 Å². The Morgan fingerprint density at radius 3 is 2.13 bits per heavy atom. The van der Waals surface area contributed by atoms with Crippen LogP contribution in [0, 0.1) is 11.8 Å². The second kappa shape index (κ2) is 3.37. The predicted molar refractivity (Wildman–Crippen MR) is 58.2 cm³/mol. The van der Waals surface area contributed by atoms with Gasteiger partial charge in [0.1, 0.15) is 5.60 Å². The first kappa shape index (κ1) is 10.2. The molecule has 80 valence electrons. The molecule has 0 N–H and O–H groups in total. The molecule has 1 aliphatic carbocycles. The van der Waals surface area contributed by atoms with Crippen molar-refractivity contribution in [3.05, 3.63) is 35.9 Å². The quantitative estimate of drug-likeness (QED) is 0.692. The summed E-state index contributed by atoms with van der Waals surface area (Å²) in [5.41, 5.74) is 0.743. The molecule has 0 spiro atoms. The first-order valence-corrected chi connectivity index (χ1v) is 5.34. The Morgan fingerprint density at radius 1 is 1.20 bits per heavy atom. The van der Waals surface area contributed by atoms with Gasteiger partial charge in [-0.2, -0.15) is 0 Å². The highest BCUT2D eigenvalue weighted by atomic mass is 16.6. The molecule has 2 heteroatoms. The highest BCUT2D eigenvalue weighted by Crippen LogP contribution is 2.60. The normalized spacial score (nSPS) is 33.5. The van der Waals surface area contributed by atoms with Gasteiger partial charge in [-0.3, -0.25) is 4.79 Å². The minimum atomic E-state index is -0.368. The third-order valence-corrected chi connectivity index (χ3v) is 3.53. The second-order valence-corrected chi connectivity index (χ2v) is 4.33. The van der Waals surface area contributed by atoms with E-state index in [0.29, 0.717) is 11.8 Å². The van der Waals surface area contributed by atoms with Gasteiger partial charge in [0.25, 0.3) is 0 Å². The second-order valence-electron chi connectivity index (χ2n) is 4.33. The van der Waals surface area contributed by atoms with Crippen LogP contribution in [0.4, 0.5) is 0 Å². The van der Waals surface area contributed by atoms with Crippen LogP contribution in [0.15, 0.2) is 30.3 Å². The molecule has 1 aliphatic rings. The van der Waals surface area contributed by atoms with Gasteiger partial charge in [0.2, 0.25) is 0 Å². The van der Waals surface area contributed by atoms with Crippen molar-refractivity contribution >= 4 is 5.97 Å². The molecule has 1 saturated carbocycles. The van der Waals surface area contributed by atoms with Crippen LogP contribution in [0.25, 0.3) is 0 Å². The van der Waals surface area contributed by atoms with Gasteiger partial charge in [0, 0.05) is 18.8 Å². The molecule has 1 aromatic carbocycles. The molecule has 0 heterocycles. The first-order chi connectivity index (χ1) is 7.09. The Balaban J connectivity index is 2.34. The number of ether oxygens (including phenoxy) is 1. The van der Waals surface area contributed by atoms with Crippen LogP contribution >= 0.6 is 0 Å². The Bertz CT molecular complexity index is 361. The lowest BCUT2D eigenvalue weighted by Gasteiger charge is -2.18. The summed E-state index contributed by atoms with van der Waals surface area (Å²) in [5.74, 6) is 0.614. The lowest BCUT2D eigenvalue weighted by atomic mass is 10.0. The molecular weight excluding hydrogens is 188 g/mol. The largest absolute Gasteiger partial charge is 0.454 e. The number of hydrogen-bond acceptors (Lipinski definition) is 2. The van der Waals surface area contributed by atoms with Gasteiger partial charge in [0.05, 0.1) is 0 Å². The smallest absolute Gasteiger partial charge is 0.303 e. The van der Waals surface area contributed by atoms with Crippen molar-refractivity contribution in [3.8, 4) is 0 Å². The van der Waals surface area contributed by atoms with Crippen LogP contribution in [0.5, 0.6) is 0 Å². The summed E-state index contributed by atoms with van der Waals surface area (Å²) in [6.45, 7) is 5.73. The van der Waals surface area contributed by atoms with Gasteiger partial charge in [-0.05, 0) is 5.56 Å². The maximum Gasteiger partial charge on any atom is 0.303 e. The van der Waals surface area contributed by atoms with E-state index < -0.39 is 0 Å². The van der Waals surface area contributed by atoms with Crippen molar-refractivity contribution in [2.24, 2.45) is 11.8 Å². The minimum Gasteiger partial charge on any atom is -0.454 e. The molecule has 0 bridgehead atoms. The van der Waals surface area contributed by atoms with Crippen LogP contribution < -0.4 is 0 Å². The molecule has 1 aromatic rings. The summed E-state index contributed by atoms with van der Waals surface area (Å²) in [6.07, 6.45) is 0. The number of hydrogen-bond donors (Lipinski definition) is 0. The molecule has 2 rings (SSSR count). The lowest BCUT2D eigenvalue weighted by molar-refractivity contribution is -0.150. The van der Waals surface area contributed by atoms with Crippen LogP contribution in [0.1, 0.15) is 26.3 Å². The molecule has 2 nitrogen and oxygen atoms in total. The number of carbonyl (C=O) groups is 1. The van der Waals surface area contributed by atoms with E-state index in [4.69, 9.17) is 4.74 Å². The molecular formula is C13H16O2.